The van der Waals surface area contributed by atoms with Gasteiger partial charge in [-0.3, -0.25) is 10.1 Å². The van der Waals surface area contributed by atoms with Gasteiger partial charge in [-0.25, -0.2) is 9.59 Å². The summed E-state index contributed by atoms with van der Waals surface area (Å²) in [4.78, 5) is 39.2. The van der Waals surface area contributed by atoms with Crippen molar-refractivity contribution in [3.63, 3.8) is 0 Å². The van der Waals surface area contributed by atoms with Crippen LogP contribution in [0, 0.1) is 30.9 Å². The minimum Gasteiger partial charge on any atom is -0.465 e. The van der Waals surface area contributed by atoms with Crippen molar-refractivity contribution in [3.05, 3.63) is 135 Å². The second-order valence-electron chi connectivity index (χ2n) is 9.89. The Morgan fingerprint density at radius 1 is 0.756 bits per heavy atom. The number of carbonyl (C=O) groups excluding carboxylic acids is 2. The molecule has 4 aromatic carbocycles. The summed E-state index contributed by atoms with van der Waals surface area (Å²) in [5.41, 5.74) is 2.72. The van der Waals surface area contributed by atoms with Gasteiger partial charge in [0, 0.05) is 6.07 Å². The molecule has 206 valence electrons. The van der Waals surface area contributed by atoms with E-state index in [1.807, 2.05) is 93.6 Å². The van der Waals surface area contributed by atoms with Gasteiger partial charge in [0.1, 0.15) is 5.57 Å². The van der Waals surface area contributed by atoms with Crippen molar-refractivity contribution >= 4 is 51.5 Å². The first kappa shape index (κ1) is 27.8. The molecule has 0 amide bonds. The highest BCUT2D eigenvalue weighted by molar-refractivity contribution is 7.97. The maximum atomic E-state index is 14.2. The molecule has 0 aromatic heterocycles. The van der Waals surface area contributed by atoms with E-state index in [0.717, 1.165) is 32.6 Å². The molecule has 4 aromatic rings. The van der Waals surface area contributed by atoms with Crippen LogP contribution in [0.2, 0.25) is 0 Å². The molecular formula is C33H28NO6P. The average Bonchev–Trinajstić information content (AvgIpc) is 3.32. The van der Waals surface area contributed by atoms with E-state index in [1.54, 1.807) is 6.07 Å². The molecule has 0 saturated heterocycles. The lowest BCUT2D eigenvalue weighted by Crippen LogP contribution is -2.34. The maximum absolute atomic E-state index is 14.2. The number of nitro benzene ring substituents is 1. The molecule has 0 radical (unpaired) electrons. The first-order valence-corrected chi connectivity index (χ1v) is 14.7. The molecule has 41 heavy (non-hydrogen) atoms. The van der Waals surface area contributed by atoms with Gasteiger partial charge in [0.15, 0.2) is 5.76 Å². The van der Waals surface area contributed by atoms with Gasteiger partial charge in [0.25, 0.3) is 5.69 Å². The third kappa shape index (κ3) is 4.79. The molecule has 0 spiro atoms. The number of nitro groups is 1. The molecule has 1 aliphatic rings. The normalized spacial score (nSPS) is 13.3. The van der Waals surface area contributed by atoms with E-state index in [4.69, 9.17) is 9.47 Å². The summed E-state index contributed by atoms with van der Waals surface area (Å²) in [6.45, 7) is 2.81. The number of esters is 2. The summed E-state index contributed by atoms with van der Waals surface area (Å²) >= 11 is 0. The maximum Gasteiger partial charge on any atom is 0.345 e. The quantitative estimate of drug-likeness (QED) is 0.139. The van der Waals surface area contributed by atoms with Crippen LogP contribution in [-0.2, 0) is 19.1 Å². The number of benzene rings is 4. The first-order chi connectivity index (χ1) is 19.7. The predicted molar refractivity (Wildman–Crippen MR) is 162 cm³/mol. The van der Waals surface area contributed by atoms with E-state index in [0.29, 0.717) is 0 Å². The molecular weight excluding hydrogens is 537 g/mol. The number of aryl methyl sites for hydroxylation is 3. The molecule has 0 fully saturated rings. The fraction of sp³-hybridized carbons (Fsp3) is 0.121. The molecule has 5 rings (SSSR count). The van der Waals surface area contributed by atoms with Gasteiger partial charge in [-0.2, -0.15) is 0 Å². The molecule has 1 aliphatic heterocycles. The summed E-state index contributed by atoms with van der Waals surface area (Å²) in [5, 5.41) is 14.6. The van der Waals surface area contributed by atoms with E-state index in [2.05, 4.69) is 0 Å². The molecule has 0 bridgehead atoms. The van der Waals surface area contributed by atoms with Crippen molar-refractivity contribution in [2.75, 3.05) is 7.11 Å². The zero-order chi connectivity index (χ0) is 29.3. The predicted octanol–water partition coefficient (Wildman–Crippen LogP) is 5.13. The first-order valence-electron chi connectivity index (χ1n) is 13.0. The molecule has 8 heteroatoms. The standard InChI is InChI=1S/C33H28NO6P/c1-21-9-15-24(16-10-21)41(25-17-11-22(2)12-18-25,26-19-13-23(3)14-20-26)31-29(32(35)39-4)30(40-33(31)36)27-7-5-6-8-28(27)34(37)38/h5-20H,1-4H3. The van der Waals surface area contributed by atoms with Crippen molar-refractivity contribution in [1.29, 1.82) is 0 Å². The number of nitrogens with zero attached hydrogens (tertiary/aromatic N) is 1. The smallest absolute Gasteiger partial charge is 0.345 e. The lowest BCUT2D eigenvalue weighted by Gasteiger charge is -2.31. The van der Waals surface area contributed by atoms with Gasteiger partial charge >= 0.3 is 11.9 Å². The number of hydrogen-bond donors (Lipinski definition) is 0. The Morgan fingerprint density at radius 2 is 1.20 bits per heavy atom. The summed E-state index contributed by atoms with van der Waals surface area (Å²) in [6, 6.07) is 29.6. The number of para-hydroxylation sites is 1. The number of rotatable bonds is 6. The van der Waals surface area contributed by atoms with Crippen LogP contribution in [0.1, 0.15) is 22.3 Å². The van der Waals surface area contributed by atoms with Crippen LogP contribution in [0.25, 0.3) is 5.76 Å². The van der Waals surface area contributed by atoms with E-state index in [9.17, 15) is 19.7 Å². The van der Waals surface area contributed by atoms with Crippen molar-refractivity contribution in [2.24, 2.45) is 0 Å². The number of ether oxygens (including phenoxy) is 2. The van der Waals surface area contributed by atoms with E-state index < -0.39 is 23.7 Å². The van der Waals surface area contributed by atoms with Gasteiger partial charge in [0.05, 0.1) is 22.9 Å². The monoisotopic (exact) mass is 565 g/mol. The molecule has 0 unspecified atom stereocenters. The Bertz CT molecular complexity index is 1650. The van der Waals surface area contributed by atoms with E-state index >= 15 is 0 Å². The van der Waals surface area contributed by atoms with Crippen molar-refractivity contribution in [2.45, 2.75) is 20.8 Å². The number of methoxy groups -OCH3 is 1. The van der Waals surface area contributed by atoms with Gasteiger partial charge in [-0.15, -0.1) is 0 Å². The highest BCUT2D eigenvalue weighted by Gasteiger charge is 2.46. The van der Waals surface area contributed by atoms with E-state index in [-0.39, 0.29) is 27.9 Å². The molecule has 0 aliphatic carbocycles. The number of carbonyl (C=O) groups is 2. The largest absolute Gasteiger partial charge is 0.465 e. The fourth-order valence-corrected chi connectivity index (χ4v) is 9.46. The van der Waals surface area contributed by atoms with Crippen molar-refractivity contribution in [1.82, 2.24) is 0 Å². The zero-order valence-corrected chi connectivity index (χ0v) is 24.0. The third-order valence-corrected chi connectivity index (χ3v) is 11.5. The summed E-state index contributed by atoms with van der Waals surface area (Å²) < 4.78 is 11.1. The third-order valence-electron chi connectivity index (χ3n) is 7.19. The Morgan fingerprint density at radius 3 is 1.61 bits per heavy atom. The summed E-state index contributed by atoms with van der Waals surface area (Å²) in [7, 11) is 1.22. The Hall–Kier alpha value is -4.74. The number of hydrogen-bond acceptors (Lipinski definition) is 6. The molecule has 0 saturated carbocycles. The van der Waals surface area contributed by atoms with Crippen LogP contribution >= 0.6 is 6.89 Å². The van der Waals surface area contributed by atoms with Gasteiger partial charge < -0.3 is 9.47 Å². The lowest BCUT2D eigenvalue weighted by atomic mass is 10.1. The van der Waals surface area contributed by atoms with Crippen molar-refractivity contribution < 1.29 is 24.0 Å². The van der Waals surface area contributed by atoms with Crippen LogP contribution in [0.4, 0.5) is 5.69 Å². The highest BCUT2D eigenvalue weighted by Crippen LogP contribution is 2.51. The van der Waals surface area contributed by atoms with Gasteiger partial charge in [-0.1, -0.05) is 102 Å². The van der Waals surface area contributed by atoms with Crippen LogP contribution in [0.15, 0.2) is 103 Å². The summed E-state index contributed by atoms with van der Waals surface area (Å²) in [6.07, 6.45) is 0. The van der Waals surface area contributed by atoms with Crippen LogP contribution in [-0.4, -0.2) is 29.3 Å². The second-order valence-corrected chi connectivity index (χ2v) is 13.2. The van der Waals surface area contributed by atoms with Gasteiger partial charge in [0.2, 0.25) is 0 Å². The lowest BCUT2D eigenvalue weighted by molar-refractivity contribution is -0.385. The topological polar surface area (TPSA) is 95.7 Å². The molecule has 1 heterocycles. The van der Waals surface area contributed by atoms with Crippen molar-refractivity contribution in [3.8, 4) is 0 Å². The Labute approximate surface area is 238 Å². The molecule has 7 nitrogen and oxygen atoms in total. The average molecular weight is 566 g/mol. The minimum absolute atomic E-state index is 0.0241. The second kappa shape index (κ2) is 11.0. The van der Waals surface area contributed by atoms with E-state index in [1.165, 1.54) is 25.3 Å². The SMILES string of the molecule is COC(=O)C1=C(c2ccccc2[N+](=O)[O-])OC(=O)C1=P(c1ccc(C)cc1)(c1ccc(C)cc1)c1ccc(C)cc1. The number of cyclic esters (lactones) is 1. The Balaban J connectivity index is 2.07. The van der Waals surface area contributed by atoms with Crippen LogP contribution < -0.4 is 15.9 Å². The van der Waals surface area contributed by atoms with Gasteiger partial charge in [-0.05, 0) is 49.6 Å². The molecule has 0 atom stereocenters. The highest BCUT2D eigenvalue weighted by atomic mass is 31.2. The summed E-state index contributed by atoms with van der Waals surface area (Å²) in [5.74, 6) is -1.73. The minimum atomic E-state index is -3.12. The van der Waals surface area contributed by atoms with Crippen LogP contribution in [0.3, 0.4) is 0 Å². The fourth-order valence-electron chi connectivity index (χ4n) is 5.15. The van der Waals surface area contributed by atoms with Crippen LogP contribution in [0.5, 0.6) is 0 Å². The zero-order valence-electron chi connectivity index (χ0n) is 23.1. The Kier molecular flexibility index (Phi) is 7.48. The molecule has 0 N–H and O–H groups in total.